The Kier molecular flexibility index (Phi) is 8.17. The number of sulfonamides is 1. The van der Waals surface area contributed by atoms with Crippen molar-refractivity contribution in [3.8, 4) is 0 Å². The van der Waals surface area contributed by atoms with Crippen molar-refractivity contribution < 1.29 is 17.6 Å². The van der Waals surface area contributed by atoms with E-state index in [0.29, 0.717) is 13.0 Å². The molecular weight excluding hydrogens is 447 g/mol. The molecule has 1 heterocycles. The minimum atomic E-state index is -3.84. The highest BCUT2D eigenvalue weighted by Gasteiger charge is 2.31. The molecule has 0 aliphatic rings. The molecule has 8 heteroatoms. The van der Waals surface area contributed by atoms with Crippen LogP contribution in [-0.2, 0) is 27.9 Å². The van der Waals surface area contributed by atoms with E-state index >= 15 is 0 Å². The molecule has 0 fully saturated rings. The summed E-state index contributed by atoms with van der Waals surface area (Å²) in [4.78, 5) is 16.2. The molecule has 0 saturated carbocycles. The van der Waals surface area contributed by atoms with Crippen LogP contribution in [-0.4, -0.2) is 36.1 Å². The average molecular weight is 475 g/mol. The van der Waals surface area contributed by atoms with Gasteiger partial charge in [0, 0.05) is 17.5 Å². The van der Waals surface area contributed by atoms with E-state index in [1.807, 2.05) is 24.4 Å². The third kappa shape index (κ3) is 6.03. The van der Waals surface area contributed by atoms with Gasteiger partial charge in [-0.05, 0) is 54.6 Å². The van der Waals surface area contributed by atoms with Crippen molar-refractivity contribution in [1.82, 2.24) is 9.21 Å². The van der Waals surface area contributed by atoms with E-state index in [2.05, 4.69) is 0 Å². The van der Waals surface area contributed by atoms with E-state index in [-0.39, 0.29) is 35.8 Å². The number of carbonyl (C=O) groups excluding carboxylic acids is 1. The van der Waals surface area contributed by atoms with E-state index in [1.165, 1.54) is 39.9 Å². The van der Waals surface area contributed by atoms with Gasteiger partial charge in [0.2, 0.25) is 15.9 Å². The zero-order valence-electron chi connectivity index (χ0n) is 18.1. The van der Waals surface area contributed by atoms with Crippen molar-refractivity contribution in [1.29, 1.82) is 0 Å². The molecule has 0 aliphatic carbocycles. The molecule has 1 atom stereocenters. The number of amides is 1. The number of thiophene rings is 1. The standard InChI is InChI=1S/C24H27FN2O3S2/c1-3-19(2)27(32(29,30)23-9-5-4-6-10-23)18-24(28)26(17-22-8-7-15-31-22)16-20-11-13-21(25)14-12-20/h4-15,19H,3,16-18H2,1-2H3. The molecule has 2 aromatic carbocycles. The Morgan fingerprint density at radius 2 is 1.69 bits per heavy atom. The van der Waals surface area contributed by atoms with Crippen LogP contribution in [0.2, 0.25) is 0 Å². The van der Waals surface area contributed by atoms with Gasteiger partial charge in [-0.3, -0.25) is 4.79 Å². The summed E-state index contributed by atoms with van der Waals surface area (Å²) in [6.07, 6.45) is 0.572. The largest absolute Gasteiger partial charge is 0.332 e. The van der Waals surface area contributed by atoms with E-state index in [4.69, 9.17) is 0 Å². The van der Waals surface area contributed by atoms with E-state index in [9.17, 15) is 17.6 Å². The summed E-state index contributed by atoms with van der Waals surface area (Å²) in [7, 11) is -3.84. The molecule has 1 unspecified atom stereocenters. The first-order valence-electron chi connectivity index (χ1n) is 10.4. The van der Waals surface area contributed by atoms with Crippen LogP contribution in [0, 0.1) is 5.82 Å². The summed E-state index contributed by atoms with van der Waals surface area (Å²) in [5.41, 5.74) is 0.775. The number of nitrogens with zero attached hydrogens (tertiary/aromatic N) is 2. The van der Waals surface area contributed by atoms with Crippen molar-refractivity contribution in [3.63, 3.8) is 0 Å². The lowest BCUT2D eigenvalue weighted by Gasteiger charge is -2.30. The molecule has 170 valence electrons. The Labute approximate surface area is 193 Å². The number of hydrogen-bond acceptors (Lipinski definition) is 4. The van der Waals surface area contributed by atoms with Gasteiger partial charge in [0.05, 0.1) is 18.0 Å². The number of carbonyl (C=O) groups is 1. The first-order chi connectivity index (χ1) is 15.3. The number of halogens is 1. The van der Waals surface area contributed by atoms with Crippen molar-refractivity contribution in [2.75, 3.05) is 6.54 Å². The number of rotatable bonds is 10. The lowest BCUT2D eigenvalue weighted by atomic mass is 10.2. The molecule has 0 N–H and O–H groups in total. The maximum Gasteiger partial charge on any atom is 0.243 e. The first kappa shape index (κ1) is 24.1. The Hall–Kier alpha value is -2.55. The fourth-order valence-electron chi connectivity index (χ4n) is 3.28. The molecule has 0 saturated heterocycles. The van der Waals surface area contributed by atoms with E-state index in [0.717, 1.165) is 10.4 Å². The van der Waals surface area contributed by atoms with Crippen LogP contribution < -0.4 is 0 Å². The predicted octanol–water partition coefficient (Wildman–Crippen LogP) is 4.91. The topological polar surface area (TPSA) is 57.7 Å². The highest BCUT2D eigenvalue weighted by atomic mass is 32.2. The Morgan fingerprint density at radius 1 is 1.00 bits per heavy atom. The summed E-state index contributed by atoms with van der Waals surface area (Å²) in [5, 5.41) is 1.93. The number of benzene rings is 2. The maximum atomic E-state index is 13.4. The zero-order valence-corrected chi connectivity index (χ0v) is 19.8. The van der Waals surface area contributed by atoms with Gasteiger partial charge in [-0.1, -0.05) is 43.3 Å². The summed E-state index contributed by atoms with van der Waals surface area (Å²) >= 11 is 1.53. The smallest absolute Gasteiger partial charge is 0.243 e. The van der Waals surface area contributed by atoms with Crippen LogP contribution in [0.1, 0.15) is 30.7 Å². The monoisotopic (exact) mass is 474 g/mol. The third-order valence-electron chi connectivity index (χ3n) is 5.29. The molecule has 0 aliphatic heterocycles. The highest BCUT2D eigenvalue weighted by molar-refractivity contribution is 7.89. The van der Waals surface area contributed by atoms with Crippen LogP contribution in [0.3, 0.4) is 0 Å². The summed E-state index contributed by atoms with van der Waals surface area (Å²) in [6, 6.07) is 17.6. The molecule has 1 amide bonds. The molecule has 0 bridgehead atoms. The quantitative estimate of drug-likeness (QED) is 0.420. The zero-order chi connectivity index (χ0) is 23.1. The minimum Gasteiger partial charge on any atom is -0.332 e. The van der Waals surface area contributed by atoms with Crippen molar-refractivity contribution in [2.45, 2.75) is 44.3 Å². The average Bonchev–Trinajstić information content (AvgIpc) is 3.31. The van der Waals surface area contributed by atoms with Gasteiger partial charge in [0.15, 0.2) is 0 Å². The number of hydrogen-bond donors (Lipinski definition) is 0. The van der Waals surface area contributed by atoms with Gasteiger partial charge in [-0.15, -0.1) is 11.3 Å². The molecular formula is C24H27FN2O3S2. The molecule has 0 radical (unpaired) electrons. The fourth-order valence-corrected chi connectivity index (χ4v) is 5.67. The lowest BCUT2D eigenvalue weighted by Crippen LogP contribution is -2.46. The molecule has 0 spiro atoms. The van der Waals surface area contributed by atoms with Crippen LogP contribution in [0.4, 0.5) is 4.39 Å². The Morgan fingerprint density at radius 3 is 2.28 bits per heavy atom. The van der Waals surface area contributed by atoms with E-state index in [1.54, 1.807) is 42.2 Å². The predicted molar refractivity (Wildman–Crippen MR) is 125 cm³/mol. The van der Waals surface area contributed by atoms with Crippen molar-refractivity contribution in [3.05, 3.63) is 88.4 Å². The summed E-state index contributed by atoms with van der Waals surface area (Å²) in [5.74, 6) is -0.649. The maximum absolute atomic E-state index is 13.4. The third-order valence-corrected chi connectivity index (χ3v) is 8.13. The van der Waals surface area contributed by atoms with Crippen molar-refractivity contribution >= 4 is 27.3 Å². The van der Waals surface area contributed by atoms with E-state index < -0.39 is 10.0 Å². The van der Waals surface area contributed by atoms with Gasteiger partial charge < -0.3 is 4.90 Å². The molecule has 3 aromatic rings. The molecule has 1 aromatic heterocycles. The molecule has 32 heavy (non-hydrogen) atoms. The second kappa shape index (κ2) is 10.8. The molecule has 3 rings (SSSR count). The van der Waals surface area contributed by atoms with Crippen molar-refractivity contribution in [2.24, 2.45) is 0 Å². The van der Waals surface area contributed by atoms with Gasteiger partial charge in [0.25, 0.3) is 0 Å². The normalized spacial score (nSPS) is 12.6. The second-order valence-corrected chi connectivity index (χ2v) is 10.5. The van der Waals surface area contributed by atoms with Crippen LogP contribution in [0.25, 0.3) is 0 Å². The van der Waals surface area contributed by atoms with Crippen LogP contribution in [0.15, 0.2) is 77.0 Å². The highest BCUT2D eigenvalue weighted by Crippen LogP contribution is 2.21. The first-order valence-corrected chi connectivity index (χ1v) is 12.7. The fraction of sp³-hybridized carbons (Fsp3) is 0.292. The summed E-state index contributed by atoms with van der Waals surface area (Å²) < 4.78 is 41.2. The Bertz CT molecular complexity index is 1100. The molecule has 5 nitrogen and oxygen atoms in total. The lowest BCUT2D eigenvalue weighted by molar-refractivity contribution is -0.133. The van der Waals surface area contributed by atoms with Gasteiger partial charge in [0.1, 0.15) is 5.82 Å². The SMILES string of the molecule is CCC(C)N(CC(=O)N(Cc1ccc(F)cc1)Cc1cccs1)S(=O)(=O)c1ccccc1. The van der Waals surface area contributed by atoms with Gasteiger partial charge in [-0.2, -0.15) is 4.31 Å². The van der Waals surface area contributed by atoms with Crippen LogP contribution in [0.5, 0.6) is 0 Å². The second-order valence-electron chi connectivity index (χ2n) is 7.58. The Balaban J connectivity index is 1.87. The van der Waals surface area contributed by atoms with Crippen LogP contribution >= 0.6 is 11.3 Å². The van der Waals surface area contributed by atoms with Gasteiger partial charge in [-0.25, -0.2) is 12.8 Å². The summed E-state index contributed by atoms with van der Waals surface area (Å²) in [6.45, 7) is 4.05. The van der Waals surface area contributed by atoms with Gasteiger partial charge >= 0.3 is 0 Å². The minimum absolute atomic E-state index is 0.163.